The highest BCUT2D eigenvalue weighted by Gasteiger charge is 2.32. The number of aryl methyl sites for hydroxylation is 1. The summed E-state index contributed by atoms with van der Waals surface area (Å²) in [5.41, 5.74) is 3.36. The third-order valence-corrected chi connectivity index (χ3v) is 6.10. The lowest BCUT2D eigenvalue weighted by atomic mass is 10.0. The zero-order chi connectivity index (χ0) is 19.5. The highest BCUT2D eigenvalue weighted by atomic mass is 32.2. The molecule has 0 bridgehead atoms. The lowest BCUT2D eigenvalue weighted by Crippen LogP contribution is -2.27. The third kappa shape index (κ3) is 3.70. The number of ether oxygens (including phenoxy) is 1. The van der Waals surface area contributed by atoms with Crippen LogP contribution in [0.3, 0.4) is 0 Å². The van der Waals surface area contributed by atoms with Crippen molar-refractivity contribution in [2.45, 2.75) is 12.8 Å². The SMILES string of the molecule is COc1ccc(N2C(=O)/C(=C/C=C/N3CCCc4ccccc43)SC2=S)cc1. The Kier molecular flexibility index (Phi) is 5.50. The Balaban J connectivity index is 1.51. The first-order valence-electron chi connectivity index (χ1n) is 9.11. The van der Waals surface area contributed by atoms with Crippen molar-refractivity contribution in [2.75, 3.05) is 23.5 Å². The first-order chi connectivity index (χ1) is 13.7. The molecule has 1 fully saturated rings. The van der Waals surface area contributed by atoms with Gasteiger partial charge in [0.05, 0.1) is 17.7 Å². The molecule has 0 aromatic heterocycles. The average Bonchev–Trinajstić information content (AvgIpc) is 3.01. The number of para-hydroxylation sites is 1. The summed E-state index contributed by atoms with van der Waals surface area (Å²) in [6, 6.07) is 15.8. The van der Waals surface area contributed by atoms with Gasteiger partial charge >= 0.3 is 0 Å². The summed E-state index contributed by atoms with van der Waals surface area (Å²) in [5, 5.41) is 0. The molecule has 4 rings (SSSR count). The van der Waals surface area contributed by atoms with Crippen LogP contribution in [-0.2, 0) is 11.2 Å². The van der Waals surface area contributed by atoms with E-state index in [9.17, 15) is 4.79 Å². The topological polar surface area (TPSA) is 32.8 Å². The monoisotopic (exact) mass is 408 g/mol. The van der Waals surface area contributed by atoms with Gasteiger partial charge in [0, 0.05) is 18.4 Å². The van der Waals surface area contributed by atoms with Gasteiger partial charge in [-0.1, -0.05) is 42.2 Å². The predicted octanol–water partition coefficient (Wildman–Crippen LogP) is 4.91. The smallest absolute Gasteiger partial charge is 0.270 e. The van der Waals surface area contributed by atoms with E-state index < -0.39 is 0 Å². The number of methoxy groups -OCH3 is 1. The number of carbonyl (C=O) groups excluding carboxylic acids is 1. The van der Waals surface area contributed by atoms with Crippen molar-refractivity contribution in [3.05, 3.63) is 77.4 Å². The summed E-state index contributed by atoms with van der Waals surface area (Å²) in [6.45, 7) is 0.980. The van der Waals surface area contributed by atoms with Crippen LogP contribution in [0, 0.1) is 0 Å². The maximum Gasteiger partial charge on any atom is 0.270 e. The van der Waals surface area contributed by atoms with E-state index in [0.29, 0.717) is 9.23 Å². The number of hydrogen-bond acceptors (Lipinski definition) is 5. The minimum Gasteiger partial charge on any atom is -0.497 e. The molecule has 0 aliphatic carbocycles. The van der Waals surface area contributed by atoms with E-state index in [2.05, 4.69) is 29.2 Å². The van der Waals surface area contributed by atoms with Gasteiger partial charge in [-0.05, 0) is 60.9 Å². The fourth-order valence-electron chi connectivity index (χ4n) is 3.39. The zero-order valence-corrected chi connectivity index (χ0v) is 17.1. The molecule has 1 saturated heterocycles. The van der Waals surface area contributed by atoms with Crippen molar-refractivity contribution < 1.29 is 9.53 Å². The van der Waals surface area contributed by atoms with Gasteiger partial charge in [-0.15, -0.1) is 0 Å². The van der Waals surface area contributed by atoms with Crippen LogP contribution in [0.15, 0.2) is 71.8 Å². The molecule has 0 radical (unpaired) electrons. The number of thioether (sulfide) groups is 1. The second-order valence-electron chi connectivity index (χ2n) is 6.50. The van der Waals surface area contributed by atoms with Crippen LogP contribution in [-0.4, -0.2) is 23.9 Å². The standard InChI is InChI=1S/C22H20N2O2S2/c1-26-18-12-10-17(11-13-18)24-21(25)20(28-22(24)27)9-5-15-23-14-4-7-16-6-2-3-8-19(16)23/h2-3,5-6,8-13,15H,4,7,14H2,1H3/b15-5+,20-9-. The first-order valence-corrected chi connectivity index (χ1v) is 10.3. The van der Waals surface area contributed by atoms with Gasteiger partial charge in [0.15, 0.2) is 4.32 Å². The van der Waals surface area contributed by atoms with Crippen molar-refractivity contribution in [1.82, 2.24) is 0 Å². The fraction of sp³-hybridized carbons (Fsp3) is 0.182. The first kappa shape index (κ1) is 18.8. The molecule has 2 heterocycles. The Hall–Kier alpha value is -2.57. The predicted molar refractivity (Wildman–Crippen MR) is 120 cm³/mol. The van der Waals surface area contributed by atoms with Gasteiger partial charge in [0.1, 0.15) is 5.75 Å². The molecule has 4 nitrogen and oxygen atoms in total. The summed E-state index contributed by atoms with van der Waals surface area (Å²) in [4.78, 5) is 17.2. The molecule has 142 valence electrons. The van der Waals surface area contributed by atoms with Crippen LogP contribution in [0.2, 0.25) is 0 Å². The van der Waals surface area contributed by atoms with E-state index >= 15 is 0 Å². The van der Waals surface area contributed by atoms with Crippen LogP contribution in [0.4, 0.5) is 11.4 Å². The molecular formula is C22H20N2O2S2. The van der Waals surface area contributed by atoms with E-state index in [0.717, 1.165) is 30.8 Å². The lowest BCUT2D eigenvalue weighted by Gasteiger charge is -2.27. The Morgan fingerprint density at radius 2 is 1.93 bits per heavy atom. The largest absolute Gasteiger partial charge is 0.497 e. The number of thiocarbonyl (C=S) groups is 1. The minimum absolute atomic E-state index is 0.0936. The zero-order valence-electron chi connectivity index (χ0n) is 15.5. The Bertz CT molecular complexity index is 967. The summed E-state index contributed by atoms with van der Waals surface area (Å²) in [7, 11) is 1.62. The van der Waals surface area contributed by atoms with E-state index in [4.69, 9.17) is 17.0 Å². The average molecular weight is 409 g/mol. The van der Waals surface area contributed by atoms with E-state index in [1.54, 1.807) is 12.0 Å². The van der Waals surface area contributed by atoms with Crippen LogP contribution in [0.1, 0.15) is 12.0 Å². The summed E-state index contributed by atoms with van der Waals surface area (Å²) < 4.78 is 5.72. The Morgan fingerprint density at radius 3 is 2.71 bits per heavy atom. The Morgan fingerprint density at radius 1 is 1.14 bits per heavy atom. The molecule has 0 atom stereocenters. The molecule has 2 aromatic rings. The van der Waals surface area contributed by atoms with Crippen molar-refractivity contribution in [2.24, 2.45) is 0 Å². The normalized spacial score (nSPS) is 18.2. The fourth-order valence-corrected chi connectivity index (χ4v) is 4.64. The number of rotatable bonds is 4. The number of nitrogens with zero attached hydrogens (tertiary/aromatic N) is 2. The number of hydrogen-bond donors (Lipinski definition) is 0. The van der Waals surface area contributed by atoms with Crippen LogP contribution >= 0.6 is 24.0 Å². The molecule has 0 N–H and O–H groups in total. The molecule has 2 aromatic carbocycles. The van der Waals surface area contributed by atoms with Gasteiger partial charge in [0.2, 0.25) is 0 Å². The maximum atomic E-state index is 12.8. The number of allylic oxidation sites excluding steroid dienone is 2. The molecule has 0 unspecified atom stereocenters. The number of benzene rings is 2. The van der Waals surface area contributed by atoms with Crippen LogP contribution in [0.5, 0.6) is 5.75 Å². The summed E-state index contributed by atoms with van der Waals surface area (Å²) in [6.07, 6.45) is 8.06. The van der Waals surface area contributed by atoms with Gasteiger partial charge < -0.3 is 9.64 Å². The lowest BCUT2D eigenvalue weighted by molar-refractivity contribution is -0.113. The molecule has 0 spiro atoms. The van der Waals surface area contributed by atoms with Crippen LogP contribution in [0.25, 0.3) is 0 Å². The van der Waals surface area contributed by atoms with Crippen molar-refractivity contribution in [1.29, 1.82) is 0 Å². The number of fused-ring (bicyclic) bond motifs is 1. The molecule has 2 aliphatic rings. The van der Waals surface area contributed by atoms with E-state index in [1.165, 1.54) is 23.0 Å². The molecule has 6 heteroatoms. The van der Waals surface area contributed by atoms with Crippen molar-refractivity contribution >= 4 is 45.6 Å². The number of amides is 1. The third-order valence-electron chi connectivity index (χ3n) is 4.78. The Labute approximate surface area is 174 Å². The van der Waals surface area contributed by atoms with Gasteiger partial charge in [-0.2, -0.15) is 0 Å². The second-order valence-corrected chi connectivity index (χ2v) is 8.18. The number of anilines is 2. The highest BCUT2D eigenvalue weighted by molar-refractivity contribution is 8.27. The number of carbonyl (C=O) groups is 1. The second kappa shape index (κ2) is 8.20. The van der Waals surface area contributed by atoms with E-state index in [1.807, 2.05) is 42.6 Å². The summed E-state index contributed by atoms with van der Waals surface area (Å²) in [5.74, 6) is 0.651. The summed E-state index contributed by atoms with van der Waals surface area (Å²) >= 11 is 6.75. The maximum absolute atomic E-state index is 12.8. The molecule has 2 aliphatic heterocycles. The quantitative estimate of drug-likeness (QED) is 0.530. The molecule has 1 amide bonds. The molecular weight excluding hydrogens is 388 g/mol. The van der Waals surface area contributed by atoms with E-state index in [-0.39, 0.29) is 5.91 Å². The van der Waals surface area contributed by atoms with Gasteiger partial charge in [0.25, 0.3) is 5.91 Å². The highest BCUT2D eigenvalue weighted by Crippen LogP contribution is 2.35. The van der Waals surface area contributed by atoms with Gasteiger partial charge in [-0.3, -0.25) is 9.69 Å². The van der Waals surface area contributed by atoms with Crippen LogP contribution < -0.4 is 14.5 Å². The molecule has 0 saturated carbocycles. The minimum atomic E-state index is -0.0936. The van der Waals surface area contributed by atoms with Crippen molar-refractivity contribution in [3.63, 3.8) is 0 Å². The van der Waals surface area contributed by atoms with Gasteiger partial charge in [-0.25, -0.2) is 0 Å². The molecule has 28 heavy (non-hydrogen) atoms. The van der Waals surface area contributed by atoms with Crippen molar-refractivity contribution in [3.8, 4) is 5.75 Å².